The molecule has 1 fully saturated rings. The van der Waals surface area contributed by atoms with Gasteiger partial charge in [0.05, 0.1) is 6.61 Å². The number of ether oxygens (including phenoxy) is 1. The van der Waals surface area contributed by atoms with Crippen molar-refractivity contribution in [3.05, 3.63) is 0 Å². The summed E-state index contributed by atoms with van der Waals surface area (Å²) in [6.07, 6.45) is 3.83. The fourth-order valence-corrected chi connectivity index (χ4v) is 3.22. The Balaban J connectivity index is 2.29. The second-order valence-corrected chi connectivity index (χ2v) is 8.14. The predicted octanol–water partition coefficient (Wildman–Crippen LogP) is 2.34. The Bertz CT molecular complexity index is 335. The third-order valence-corrected chi connectivity index (χ3v) is 5.20. The fourth-order valence-electron chi connectivity index (χ4n) is 2.57. The van der Waals surface area contributed by atoms with Crippen LogP contribution in [0.15, 0.2) is 0 Å². The summed E-state index contributed by atoms with van der Waals surface area (Å²) in [6.45, 7) is 10.5. The summed E-state index contributed by atoms with van der Waals surface area (Å²) in [7, 11) is 0. The Kier molecular flexibility index (Phi) is 8.00. The molecule has 2 unspecified atom stereocenters. The van der Waals surface area contributed by atoms with Crippen LogP contribution in [0.3, 0.4) is 0 Å². The summed E-state index contributed by atoms with van der Waals surface area (Å²) in [6, 6.07) is 0.295. The molecule has 2 N–H and O–H groups in total. The van der Waals surface area contributed by atoms with Crippen LogP contribution in [0.4, 0.5) is 4.79 Å². The number of nitrogens with zero attached hydrogens (tertiary/aromatic N) is 1. The minimum atomic E-state index is -0.429. The number of thioether (sulfide) groups is 1. The van der Waals surface area contributed by atoms with Crippen LogP contribution in [0.1, 0.15) is 40.5 Å². The molecular weight excluding hydrogens is 300 g/mol. The van der Waals surface area contributed by atoms with E-state index in [0.29, 0.717) is 12.0 Å². The number of rotatable bonds is 6. The molecule has 0 bridgehead atoms. The van der Waals surface area contributed by atoms with E-state index in [9.17, 15) is 9.90 Å². The molecule has 1 amide bonds. The summed E-state index contributed by atoms with van der Waals surface area (Å²) in [4.78, 5) is 13.8. The van der Waals surface area contributed by atoms with Gasteiger partial charge in [0, 0.05) is 24.4 Å². The Morgan fingerprint density at radius 2 is 2.00 bits per heavy atom. The van der Waals surface area contributed by atoms with Crippen LogP contribution in [0, 0.1) is 5.92 Å². The summed E-state index contributed by atoms with van der Waals surface area (Å²) in [5, 5.41) is 13.1. The summed E-state index contributed by atoms with van der Waals surface area (Å²) >= 11 is 1.69. The standard InChI is InChI=1S/C16H32N2O3S/c1-12(14(11-19)22-5)17-10-13-6-8-18(9-7-13)15(20)21-16(2,3)4/h12-14,17,19H,6-11H2,1-5H3. The molecule has 6 heteroatoms. The van der Waals surface area contributed by atoms with Gasteiger partial charge in [0.15, 0.2) is 0 Å². The molecule has 0 saturated carbocycles. The Morgan fingerprint density at radius 3 is 2.45 bits per heavy atom. The monoisotopic (exact) mass is 332 g/mol. The van der Waals surface area contributed by atoms with Gasteiger partial charge in [-0.25, -0.2) is 4.79 Å². The van der Waals surface area contributed by atoms with E-state index < -0.39 is 5.60 Å². The van der Waals surface area contributed by atoms with E-state index in [2.05, 4.69) is 12.2 Å². The number of amides is 1. The lowest BCUT2D eigenvalue weighted by Crippen LogP contribution is -2.45. The lowest BCUT2D eigenvalue weighted by molar-refractivity contribution is 0.0183. The number of hydrogen-bond acceptors (Lipinski definition) is 5. The first-order valence-electron chi connectivity index (χ1n) is 8.11. The maximum absolute atomic E-state index is 12.0. The normalized spacial score (nSPS) is 19.8. The highest BCUT2D eigenvalue weighted by Crippen LogP contribution is 2.20. The van der Waals surface area contributed by atoms with Crippen molar-refractivity contribution in [2.24, 2.45) is 5.92 Å². The van der Waals surface area contributed by atoms with Crippen LogP contribution >= 0.6 is 11.8 Å². The molecule has 5 nitrogen and oxygen atoms in total. The van der Waals surface area contributed by atoms with Gasteiger partial charge in [-0.2, -0.15) is 11.8 Å². The molecule has 2 atom stereocenters. The quantitative estimate of drug-likeness (QED) is 0.782. The average Bonchev–Trinajstić information content (AvgIpc) is 2.45. The van der Waals surface area contributed by atoms with Crippen molar-refractivity contribution in [2.75, 3.05) is 32.5 Å². The highest BCUT2D eigenvalue weighted by Gasteiger charge is 2.27. The maximum Gasteiger partial charge on any atom is 0.410 e. The van der Waals surface area contributed by atoms with Crippen LogP contribution in [-0.2, 0) is 4.74 Å². The molecule has 0 aliphatic carbocycles. The van der Waals surface area contributed by atoms with Crippen LogP contribution in [0.2, 0.25) is 0 Å². The summed E-state index contributed by atoms with van der Waals surface area (Å²) in [5.74, 6) is 0.585. The molecule has 1 heterocycles. The Hall–Kier alpha value is -0.460. The number of carbonyl (C=O) groups excluding carboxylic acids is 1. The second kappa shape index (κ2) is 8.99. The fraction of sp³-hybridized carbons (Fsp3) is 0.938. The first-order valence-corrected chi connectivity index (χ1v) is 9.40. The molecule has 0 spiro atoms. The molecule has 1 saturated heterocycles. The van der Waals surface area contributed by atoms with Crippen LogP contribution in [0.25, 0.3) is 0 Å². The van der Waals surface area contributed by atoms with Gasteiger partial charge in [0.1, 0.15) is 5.60 Å². The molecule has 1 aliphatic rings. The molecule has 1 aliphatic heterocycles. The summed E-state index contributed by atoms with van der Waals surface area (Å²) in [5.41, 5.74) is -0.429. The Morgan fingerprint density at radius 1 is 1.41 bits per heavy atom. The Labute approximate surface area is 139 Å². The highest BCUT2D eigenvalue weighted by molar-refractivity contribution is 7.99. The average molecular weight is 333 g/mol. The highest BCUT2D eigenvalue weighted by atomic mass is 32.2. The molecule has 1 rings (SSSR count). The number of hydrogen-bond donors (Lipinski definition) is 2. The number of piperidine rings is 1. The van der Waals surface area contributed by atoms with E-state index in [4.69, 9.17) is 4.74 Å². The van der Waals surface area contributed by atoms with Gasteiger partial charge < -0.3 is 20.1 Å². The molecule has 22 heavy (non-hydrogen) atoms. The van der Waals surface area contributed by atoms with E-state index in [0.717, 1.165) is 32.5 Å². The molecule has 0 aromatic rings. The smallest absolute Gasteiger partial charge is 0.410 e. The van der Waals surface area contributed by atoms with Gasteiger partial charge >= 0.3 is 6.09 Å². The number of likely N-dealkylation sites (tertiary alicyclic amines) is 1. The number of nitrogens with one attached hydrogen (secondary N) is 1. The lowest BCUT2D eigenvalue weighted by atomic mass is 9.96. The van der Waals surface area contributed by atoms with Crippen LogP contribution in [-0.4, -0.2) is 65.5 Å². The molecule has 0 aromatic heterocycles. The van der Waals surface area contributed by atoms with Crippen molar-refractivity contribution in [1.82, 2.24) is 10.2 Å². The van der Waals surface area contributed by atoms with Gasteiger partial charge in [0.2, 0.25) is 0 Å². The van der Waals surface area contributed by atoms with Crippen molar-refractivity contribution in [2.45, 2.75) is 57.4 Å². The number of aliphatic hydroxyl groups is 1. The zero-order valence-corrected chi connectivity index (χ0v) is 15.4. The molecule has 130 valence electrons. The van der Waals surface area contributed by atoms with E-state index in [1.807, 2.05) is 31.9 Å². The zero-order chi connectivity index (χ0) is 16.8. The molecule has 0 aromatic carbocycles. The molecular formula is C16H32N2O3S. The first kappa shape index (κ1) is 19.6. The van der Waals surface area contributed by atoms with Gasteiger partial charge in [-0.15, -0.1) is 0 Å². The SMILES string of the molecule is CSC(CO)C(C)NCC1CCN(C(=O)OC(C)(C)C)CC1. The van der Waals surface area contributed by atoms with Gasteiger partial charge in [-0.1, -0.05) is 0 Å². The maximum atomic E-state index is 12.0. The van der Waals surface area contributed by atoms with Gasteiger partial charge in [0.25, 0.3) is 0 Å². The van der Waals surface area contributed by atoms with Crippen molar-refractivity contribution in [3.63, 3.8) is 0 Å². The van der Waals surface area contributed by atoms with Crippen LogP contribution in [0.5, 0.6) is 0 Å². The van der Waals surface area contributed by atoms with Gasteiger partial charge in [-0.3, -0.25) is 0 Å². The van der Waals surface area contributed by atoms with Gasteiger partial charge in [-0.05, 0) is 59.3 Å². The second-order valence-electron chi connectivity index (χ2n) is 7.06. The summed E-state index contributed by atoms with van der Waals surface area (Å²) < 4.78 is 5.41. The topological polar surface area (TPSA) is 61.8 Å². The third-order valence-electron chi connectivity index (χ3n) is 4.04. The van der Waals surface area contributed by atoms with Crippen molar-refractivity contribution in [1.29, 1.82) is 0 Å². The van der Waals surface area contributed by atoms with E-state index in [1.54, 1.807) is 11.8 Å². The van der Waals surface area contributed by atoms with Crippen LogP contribution < -0.4 is 5.32 Å². The predicted molar refractivity (Wildman–Crippen MR) is 92.4 cm³/mol. The van der Waals surface area contributed by atoms with Crippen molar-refractivity contribution < 1.29 is 14.6 Å². The lowest BCUT2D eigenvalue weighted by Gasteiger charge is -2.34. The first-order chi connectivity index (χ1) is 10.3. The minimum Gasteiger partial charge on any atom is -0.444 e. The van der Waals surface area contributed by atoms with Crippen molar-refractivity contribution >= 4 is 17.9 Å². The van der Waals surface area contributed by atoms with E-state index in [1.165, 1.54) is 0 Å². The molecule has 0 radical (unpaired) electrons. The number of carbonyl (C=O) groups is 1. The van der Waals surface area contributed by atoms with Crippen molar-refractivity contribution in [3.8, 4) is 0 Å². The van der Waals surface area contributed by atoms with E-state index >= 15 is 0 Å². The third kappa shape index (κ3) is 6.75. The number of aliphatic hydroxyl groups excluding tert-OH is 1. The largest absolute Gasteiger partial charge is 0.444 e. The zero-order valence-electron chi connectivity index (χ0n) is 14.6. The minimum absolute atomic E-state index is 0.199. The van der Waals surface area contributed by atoms with E-state index in [-0.39, 0.29) is 18.0 Å².